The fraction of sp³-hybridized carbons (Fsp3) is 0. The van der Waals surface area contributed by atoms with E-state index < -0.39 is 0 Å². The molecule has 0 aromatic heterocycles. The minimum Gasteiger partial charge on any atom is -1.00 e. The molecule has 0 aliphatic rings. The Bertz CT molecular complexity index is 3.25. The predicted molar refractivity (Wildman–Crippen MR) is 0 cm³/mol. The molecule has 0 saturated carbocycles. The standard InChI is InChI=1S/3HI.Na/h3*1H;/q;;;+1/p-3. The van der Waals surface area contributed by atoms with Crippen LogP contribution in [0.2, 0.25) is 0 Å². The van der Waals surface area contributed by atoms with Gasteiger partial charge in [-0.2, -0.15) is 0 Å². The first-order chi connectivity index (χ1) is 0. The van der Waals surface area contributed by atoms with Crippen LogP contribution >= 0.6 is 0 Å². The van der Waals surface area contributed by atoms with E-state index in [0.717, 1.165) is 0 Å². The van der Waals surface area contributed by atoms with E-state index in [1.54, 1.807) is 0 Å². The molecule has 0 bridgehead atoms. The molecule has 0 aromatic rings. The largest absolute Gasteiger partial charge is 1.00 e. The third kappa shape index (κ3) is 8.95. The quantitative estimate of drug-likeness (QED) is 0.278. The minimum atomic E-state index is 0. The molecule has 0 spiro atoms. The summed E-state index contributed by atoms with van der Waals surface area (Å²) < 4.78 is 0. The average Bonchev–Trinajstić information content (AvgIpc) is 0. The van der Waals surface area contributed by atoms with Crippen molar-refractivity contribution in [2.24, 2.45) is 0 Å². The van der Waals surface area contributed by atoms with Crippen molar-refractivity contribution in [2.75, 3.05) is 0 Å². The topological polar surface area (TPSA) is 0 Å². The van der Waals surface area contributed by atoms with Crippen LogP contribution < -0.4 is 101 Å². The molecule has 0 atom stereocenters. The van der Waals surface area contributed by atoms with E-state index in [2.05, 4.69) is 0 Å². The summed E-state index contributed by atoms with van der Waals surface area (Å²) in [4.78, 5) is 0. The summed E-state index contributed by atoms with van der Waals surface area (Å²) in [5, 5.41) is 0. The summed E-state index contributed by atoms with van der Waals surface area (Å²) >= 11 is 0. The van der Waals surface area contributed by atoms with Gasteiger partial charge in [0.05, 0.1) is 0 Å². The van der Waals surface area contributed by atoms with E-state index in [0.29, 0.717) is 0 Å². The third-order valence-electron chi connectivity index (χ3n) is 0. The molecule has 0 rings (SSSR count). The number of hydrogen-bond acceptors (Lipinski definition) is 0. The van der Waals surface area contributed by atoms with Crippen LogP contribution in [0, 0.1) is 0 Å². The van der Waals surface area contributed by atoms with Gasteiger partial charge in [-0.05, 0) is 0 Å². The summed E-state index contributed by atoms with van der Waals surface area (Å²) in [6, 6.07) is 0. The fourth-order valence-electron chi connectivity index (χ4n) is 0. The molecule has 0 saturated heterocycles. The Labute approximate surface area is 99.2 Å². The summed E-state index contributed by atoms with van der Waals surface area (Å²) in [5.41, 5.74) is 0. The van der Waals surface area contributed by atoms with Gasteiger partial charge in [-0.25, -0.2) is 0 Å². The molecule has 0 fully saturated rings. The van der Waals surface area contributed by atoms with Gasteiger partial charge in [-0.1, -0.05) is 0 Å². The van der Waals surface area contributed by atoms with Gasteiger partial charge in [0.1, 0.15) is 0 Å². The van der Waals surface area contributed by atoms with Gasteiger partial charge < -0.3 is 71.9 Å². The molecular weight excluding hydrogens is 404 g/mol. The molecule has 0 aliphatic heterocycles. The van der Waals surface area contributed by atoms with E-state index >= 15 is 0 Å². The zero-order chi connectivity index (χ0) is 0. The van der Waals surface area contributed by atoms with Crippen molar-refractivity contribution in [3.8, 4) is 0 Å². The molecule has 0 aliphatic carbocycles. The Morgan fingerprint density at radius 1 is 0.500 bits per heavy atom. The molecule has 0 radical (unpaired) electrons. The van der Waals surface area contributed by atoms with E-state index in [4.69, 9.17) is 0 Å². The van der Waals surface area contributed by atoms with Crippen molar-refractivity contribution in [3.63, 3.8) is 0 Å². The van der Waals surface area contributed by atoms with Gasteiger partial charge in [-0.3, -0.25) is 0 Å². The molecular formula is I3Na-2. The maximum absolute atomic E-state index is 0. The predicted octanol–water partition coefficient (Wildman–Crippen LogP) is -12.0. The Morgan fingerprint density at radius 3 is 0.500 bits per heavy atom. The Balaban J connectivity index is 0. The average molecular weight is 404 g/mol. The molecule has 4 heavy (non-hydrogen) atoms. The van der Waals surface area contributed by atoms with E-state index in [9.17, 15) is 0 Å². The van der Waals surface area contributed by atoms with Gasteiger partial charge in [-0.15, -0.1) is 0 Å². The Morgan fingerprint density at radius 2 is 0.500 bits per heavy atom. The summed E-state index contributed by atoms with van der Waals surface area (Å²) in [6.07, 6.45) is 0. The monoisotopic (exact) mass is 404 g/mol. The second-order valence-corrected chi connectivity index (χ2v) is 0. The molecule has 0 unspecified atom stereocenters. The molecule has 0 amide bonds. The first-order valence-electron chi connectivity index (χ1n) is 0. The van der Waals surface area contributed by atoms with Gasteiger partial charge in [0.15, 0.2) is 0 Å². The zero-order valence-corrected chi connectivity index (χ0v) is 10.6. The Hall–Kier alpha value is 3.19. The maximum atomic E-state index is 0. The fourth-order valence-corrected chi connectivity index (χ4v) is 0. The van der Waals surface area contributed by atoms with Crippen molar-refractivity contribution in [1.29, 1.82) is 0 Å². The van der Waals surface area contributed by atoms with E-state index in [1.165, 1.54) is 0 Å². The second kappa shape index (κ2) is 16.4. The molecule has 0 nitrogen and oxygen atoms in total. The van der Waals surface area contributed by atoms with Crippen LogP contribution in [-0.2, 0) is 0 Å². The maximum Gasteiger partial charge on any atom is 1.00 e. The van der Waals surface area contributed by atoms with E-state index in [-0.39, 0.29) is 101 Å². The molecule has 4 heteroatoms. The zero-order valence-electron chi connectivity index (χ0n) is 2.13. The SMILES string of the molecule is [I-].[I-].[I-].[Na+]. The molecule has 0 N–H and O–H groups in total. The van der Waals surface area contributed by atoms with Crippen LogP contribution in [0.3, 0.4) is 0 Å². The molecule has 0 heterocycles. The smallest absolute Gasteiger partial charge is 1.00 e. The van der Waals surface area contributed by atoms with Gasteiger partial charge in [0, 0.05) is 0 Å². The second-order valence-electron chi connectivity index (χ2n) is 0. The van der Waals surface area contributed by atoms with Crippen LogP contribution in [-0.4, -0.2) is 0 Å². The van der Waals surface area contributed by atoms with Gasteiger partial charge >= 0.3 is 29.6 Å². The number of rotatable bonds is 0. The number of hydrogen-bond donors (Lipinski definition) is 0. The summed E-state index contributed by atoms with van der Waals surface area (Å²) in [5.74, 6) is 0. The van der Waals surface area contributed by atoms with Gasteiger partial charge in [0.25, 0.3) is 0 Å². The molecule has 24 valence electrons. The van der Waals surface area contributed by atoms with Gasteiger partial charge in [0.2, 0.25) is 0 Å². The third-order valence-corrected chi connectivity index (χ3v) is 0. The van der Waals surface area contributed by atoms with Crippen molar-refractivity contribution in [3.05, 3.63) is 0 Å². The summed E-state index contributed by atoms with van der Waals surface area (Å²) in [7, 11) is 0. The van der Waals surface area contributed by atoms with Crippen LogP contribution in [0.5, 0.6) is 0 Å². The van der Waals surface area contributed by atoms with Crippen LogP contribution in [0.25, 0.3) is 0 Å². The van der Waals surface area contributed by atoms with Crippen molar-refractivity contribution < 1.29 is 101 Å². The van der Waals surface area contributed by atoms with Crippen LogP contribution in [0.4, 0.5) is 0 Å². The van der Waals surface area contributed by atoms with Crippen LogP contribution in [0.15, 0.2) is 0 Å². The first kappa shape index (κ1) is 27.1. The Kier molecular flexibility index (Phi) is 111. The minimum absolute atomic E-state index is 0. The normalized spacial score (nSPS) is 0. The number of halogens is 3. The van der Waals surface area contributed by atoms with Crippen molar-refractivity contribution in [1.82, 2.24) is 0 Å². The van der Waals surface area contributed by atoms with Crippen LogP contribution in [0.1, 0.15) is 0 Å². The van der Waals surface area contributed by atoms with Crippen molar-refractivity contribution >= 4 is 0 Å². The molecule has 0 aromatic carbocycles. The van der Waals surface area contributed by atoms with Crippen molar-refractivity contribution in [2.45, 2.75) is 0 Å². The summed E-state index contributed by atoms with van der Waals surface area (Å²) in [6.45, 7) is 0. The first-order valence-corrected chi connectivity index (χ1v) is 0. The van der Waals surface area contributed by atoms with E-state index in [1.807, 2.05) is 0 Å².